The maximum absolute atomic E-state index is 14.8. The molecule has 3 heterocycles. The number of benzene rings is 1. The Morgan fingerprint density at radius 1 is 1.21 bits per heavy atom. The molecule has 1 aliphatic carbocycles. The van der Waals surface area contributed by atoms with Crippen LogP contribution in [0.5, 0.6) is 5.88 Å². The molecule has 0 spiro atoms. The van der Waals surface area contributed by atoms with Crippen molar-refractivity contribution in [2.24, 2.45) is 0 Å². The number of alkyl halides is 3. The van der Waals surface area contributed by atoms with Crippen molar-refractivity contribution < 1.29 is 34.4 Å². The number of hydrogen-bond acceptors (Lipinski definition) is 7. The molecule has 1 saturated carbocycles. The number of anilines is 1. The van der Waals surface area contributed by atoms with Gasteiger partial charge in [0, 0.05) is 48.7 Å². The zero-order valence-electron chi connectivity index (χ0n) is 22.8. The van der Waals surface area contributed by atoms with Gasteiger partial charge in [-0.1, -0.05) is 17.3 Å². The zero-order chi connectivity index (χ0) is 29.6. The first-order chi connectivity index (χ1) is 19.3. The second-order valence-electron chi connectivity index (χ2n) is 9.08. The van der Waals surface area contributed by atoms with Gasteiger partial charge in [-0.05, 0) is 37.0 Å². The van der Waals surface area contributed by atoms with E-state index in [9.17, 15) is 22.4 Å². The smallest absolute Gasteiger partial charge is 0.401 e. The Labute approximate surface area is 223 Å². The van der Waals surface area contributed by atoms with Crippen molar-refractivity contribution in [2.75, 3.05) is 12.4 Å². The molecule has 3 aromatic heterocycles. The number of aryl methyl sites for hydroxylation is 1. The molecule has 9 nitrogen and oxygen atoms in total. The molecule has 39 heavy (non-hydrogen) atoms. The summed E-state index contributed by atoms with van der Waals surface area (Å²) in [6.07, 6.45) is -0.299. The number of halogens is 4. The van der Waals surface area contributed by atoms with Crippen molar-refractivity contribution in [1.29, 1.82) is 0 Å². The van der Waals surface area contributed by atoms with Gasteiger partial charge < -0.3 is 14.6 Å². The molecule has 204 valence electrons. The highest BCUT2D eigenvalue weighted by Gasteiger charge is 2.66. The number of hydrogen-bond donors (Lipinski definition) is 1. The topological polar surface area (TPSA) is 108 Å². The quantitative estimate of drug-likeness (QED) is 0.299. The van der Waals surface area contributed by atoms with Gasteiger partial charge in [-0.25, -0.2) is 14.4 Å². The van der Waals surface area contributed by atoms with Crippen LogP contribution in [-0.2, 0) is 29.5 Å². The number of ether oxygens (including phenoxy) is 1. The van der Waals surface area contributed by atoms with Crippen molar-refractivity contribution in [3.8, 4) is 17.0 Å². The summed E-state index contributed by atoms with van der Waals surface area (Å²) in [5, 5.41) is 9.94. The Kier molecular flexibility index (Phi) is 6.17. The van der Waals surface area contributed by atoms with Gasteiger partial charge in [0.15, 0.2) is 11.6 Å². The molecule has 0 radical (unpaired) electrons. The summed E-state index contributed by atoms with van der Waals surface area (Å²) < 4.78 is 81.5. The molecule has 0 atom stereocenters. The molecule has 4 aromatic rings. The second kappa shape index (κ2) is 10.1. The summed E-state index contributed by atoms with van der Waals surface area (Å²) in [7, 11) is 1.43. The highest BCUT2D eigenvalue weighted by atomic mass is 19.4. The number of aromatic nitrogens is 5. The monoisotopic (exact) mass is 546 g/mol. The Bertz CT molecular complexity index is 1580. The van der Waals surface area contributed by atoms with Crippen LogP contribution >= 0.6 is 0 Å². The van der Waals surface area contributed by atoms with Crippen molar-refractivity contribution in [3.63, 3.8) is 0 Å². The summed E-state index contributed by atoms with van der Waals surface area (Å²) >= 11 is 0. The number of nitrogens with zero attached hydrogens (tertiary/aromatic N) is 5. The van der Waals surface area contributed by atoms with Gasteiger partial charge in [0.25, 0.3) is 0 Å². The van der Waals surface area contributed by atoms with Crippen LogP contribution in [0.2, 0.25) is 0 Å². The van der Waals surface area contributed by atoms with Crippen molar-refractivity contribution in [2.45, 2.75) is 50.7 Å². The third-order valence-corrected chi connectivity index (χ3v) is 6.51. The molecule has 5 rings (SSSR count). The maximum atomic E-state index is 14.8. The van der Waals surface area contributed by atoms with Crippen LogP contribution in [0.4, 0.5) is 23.4 Å². The molecule has 0 bridgehead atoms. The standard InChI is InChI=1S/C26H24F4N6O3/c1-3-36-14-17(24(34-36)38-2)9-21-31-12-18(13-32-21)15-4-5-16(19(27)8-15)10-23(37)33-22-11-20(39-35-22)25(6-7-25)26(28,29)30/h4-5,8,11-14H,3,6-7,9-10H2,1-2H3,(H,33,35,37)/i3D2. The fraction of sp³-hybridized carbons (Fsp3) is 0.346. The fourth-order valence-electron chi connectivity index (χ4n) is 4.15. The van der Waals surface area contributed by atoms with Crippen LogP contribution < -0.4 is 10.1 Å². The lowest BCUT2D eigenvalue weighted by Gasteiger charge is -2.14. The first-order valence-electron chi connectivity index (χ1n) is 12.9. The van der Waals surface area contributed by atoms with E-state index in [-0.39, 0.29) is 48.7 Å². The zero-order valence-corrected chi connectivity index (χ0v) is 20.8. The van der Waals surface area contributed by atoms with Gasteiger partial charge in [0.05, 0.1) is 16.3 Å². The highest BCUT2D eigenvalue weighted by Crippen LogP contribution is 2.59. The summed E-state index contributed by atoms with van der Waals surface area (Å²) in [6, 6.07) is 5.29. The van der Waals surface area contributed by atoms with E-state index in [0.29, 0.717) is 22.5 Å². The summed E-state index contributed by atoms with van der Waals surface area (Å²) in [5.74, 6) is -1.20. The fourth-order valence-corrected chi connectivity index (χ4v) is 4.15. The van der Waals surface area contributed by atoms with Crippen molar-refractivity contribution in [1.82, 2.24) is 24.9 Å². The number of carbonyl (C=O) groups is 1. The van der Waals surface area contributed by atoms with Crippen molar-refractivity contribution in [3.05, 3.63) is 71.4 Å². The van der Waals surface area contributed by atoms with Crippen LogP contribution in [0.3, 0.4) is 0 Å². The Morgan fingerprint density at radius 2 is 1.95 bits per heavy atom. The second-order valence-corrected chi connectivity index (χ2v) is 9.08. The van der Waals surface area contributed by atoms with Crippen molar-refractivity contribution >= 4 is 11.7 Å². The average molecular weight is 547 g/mol. The normalized spacial score (nSPS) is 15.4. The number of nitrogens with one attached hydrogen (secondary N) is 1. The van der Waals surface area contributed by atoms with Crippen LogP contribution in [0.15, 0.2) is 47.4 Å². The van der Waals surface area contributed by atoms with Gasteiger partial charge in [-0.15, -0.1) is 5.10 Å². The van der Waals surface area contributed by atoms with E-state index < -0.39 is 29.8 Å². The molecule has 13 heteroatoms. The number of amides is 1. The van der Waals surface area contributed by atoms with E-state index in [1.165, 1.54) is 44.8 Å². The van der Waals surface area contributed by atoms with E-state index in [1.807, 2.05) is 0 Å². The molecule has 0 unspecified atom stereocenters. The van der Waals surface area contributed by atoms with E-state index in [0.717, 1.165) is 10.7 Å². The van der Waals surface area contributed by atoms with Crippen LogP contribution in [-0.4, -0.2) is 44.1 Å². The SMILES string of the molecule is [2H]C([2H])(C)n1cc(Cc2ncc(-c3ccc(CC(=O)Nc4cc(C5(C(F)(F)F)CC5)on4)c(F)c3)cn2)c(OC)n1. The molecule has 1 aliphatic rings. The van der Waals surface area contributed by atoms with E-state index in [4.69, 9.17) is 12.0 Å². The lowest BCUT2D eigenvalue weighted by molar-refractivity contribution is -0.165. The van der Waals surface area contributed by atoms with Gasteiger partial charge in [0.2, 0.25) is 11.8 Å². The third-order valence-electron chi connectivity index (χ3n) is 6.51. The molecule has 0 saturated heterocycles. The third kappa shape index (κ3) is 5.33. The largest absolute Gasteiger partial charge is 0.480 e. The van der Waals surface area contributed by atoms with Crippen LogP contribution in [0.25, 0.3) is 11.1 Å². The Hall–Kier alpha value is -4.29. The minimum atomic E-state index is -4.48. The van der Waals surface area contributed by atoms with E-state index in [2.05, 4.69) is 25.5 Å². The molecule has 1 fully saturated rings. The van der Waals surface area contributed by atoms with Crippen LogP contribution in [0, 0.1) is 5.82 Å². The molecule has 1 amide bonds. The number of carbonyl (C=O) groups excluding carboxylic acids is 1. The van der Waals surface area contributed by atoms with Gasteiger partial charge in [-0.2, -0.15) is 13.2 Å². The molecule has 1 N–H and O–H groups in total. The Balaban J connectivity index is 1.22. The highest BCUT2D eigenvalue weighted by molar-refractivity contribution is 5.91. The predicted octanol–water partition coefficient (Wildman–Crippen LogP) is 4.86. The molecular formula is C26H24F4N6O3. The first-order valence-corrected chi connectivity index (χ1v) is 11.9. The summed E-state index contributed by atoms with van der Waals surface area (Å²) in [4.78, 5) is 21.0. The van der Waals surface area contributed by atoms with E-state index in [1.54, 1.807) is 6.07 Å². The average Bonchev–Trinajstić information content (AvgIpc) is 3.43. The van der Waals surface area contributed by atoms with Gasteiger partial charge in [-0.3, -0.25) is 9.48 Å². The molecule has 0 aliphatic heterocycles. The minimum Gasteiger partial charge on any atom is -0.480 e. The summed E-state index contributed by atoms with van der Waals surface area (Å²) in [5.41, 5.74) is -0.416. The molecule has 1 aromatic carbocycles. The predicted molar refractivity (Wildman–Crippen MR) is 130 cm³/mol. The lowest BCUT2D eigenvalue weighted by atomic mass is 10.0. The maximum Gasteiger partial charge on any atom is 0.401 e. The first kappa shape index (κ1) is 23.8. The van der Waals surface area contributed by atoms with E-state index >= 15 is 0 Å². The Morgan fingerprint density at radius 3 is 2.56 bits per heavy atom. The van der Waals surface area contributed by atoms with Gasteiger partial charge >= 0.3 is 6.18 Å². The summed E-state index contributed by atoms with van der Waals surface area (Å²) in [6.45, 7) is -0.356. The number of methoxy groups -OCH3 is 1. The number of rotatable bonds is 9. The van der Waals surface area contributed by atoms with Crippen LogP contribution in [0.1, 0.15) is 45.2 Å². The lowest BCUT2D eigenvalue weighted by Crippen LogP contribution is -2.28. The minimum absolute atomic E-state index is 0.0707. The molecular weight excluding hydrogens is 520 g/mol. The van der Waals surface area contributed by atoms with Gasteiger partial charge in [0.1, 0.15) is 17.1 Å².